The first kappa shape index (κ1) is 12.7. The van der Waals surface area contributed by atoms with Crippen molar-refractivity contribution >= 4 is 26.8 Å². The summed E-state index contributed by atoms with van der Waals surface area (Å²) in [6.07, 6.45) is 3.96. The van der Waals surface area contributed by atoms with Gasteiger partial charge in [-0.2, -0.15) is 0 Å². The maximum Gasteiger partial charge on any atom is 0.251 e. The van der Waals surface area contributed by atoms with Crippen molar-refractivity contribution in [1.82, 2.24) is 4.98 Å². The number of aromatic amines is 1. The Morgan fingerprint density at radius 2 is 2.11 bits per heavy atom. The standard InChI is InChI=1S/C15H16BrNO2/c16-7-2-8-19-10-5-6-14-13(9-10)11-3-1-4-12(11)15(18)17-14/h5-6,9H,1-4,7-8H2,(H,17,18). The Labute approximate surface area is 120 Å². The molecule has 0 radical (unpaired) electrons. The maximum absolute atomic E-state index is 11.9. The van der Waals surface area contributed by atoms with Crippen LogP contribution in [-0.2, 0) is 12.8 Å². The number of H-pyrrole nitrogens is 1. The summed E-state index contributed by atoms with van der Waals surface area (Å²) in [7, 11) is 0. The molecule has 3 nitrogen and oxygen atoms in total. The Balaban J connectivity index is 2.02. The van der Waals surface area contributed by atoms with Crippen molar-refractivity contribution in [2.75, 3.05) is 11.9 Å². The van der Waals surface area contributed by atoms with Gasteiger partial charge in [-0.15, -0.1) is 0 Å². The summed E-state index contributed by atoms with van der Waals surface area (Å²) in [5, 5.41) is 2.09. The van der Waals surface area contributed by atoms with Crippen molar-refractivity contribution in [3.63, 3.8) is 0 Å². The molecular formula is C15H16BrNO2. The molecule has 100 valence electrons. The summed E-state index contributed by atoms with van der Waals surface area (Å²) in [6, 6.07) is 5.93. The van der Waals surface area contributed by atoms with E-state index in [4.69, 9.17) is 4.74 Å². The predicted octanol–water partition coefficient (Wildman–Crippen LogP) is 3.18. The number of pyridine rings is 1. The number of rotatable bonds is 4. The van der Waals surface area contributed by atoms with Crippen molar-refractivity contribution in [3.8, 4) is 5.75 Å². The molecule has 19 heavy (non-hydrogen) atoms. The van der Waals surface area contributed by atoms with E-state index < -0.39 is 0 Å². The summed E-state index contributed by atoms with van der Waals surface area (Å²) in [4.78, 5) is 14.9. The number of alkyl halides is 1. The first-order chi connectivity index (χ1) is 9.29. The van der Waals surface area contributed by atoms with Crippen molar-refractivity contribution in [3.05, 3.63) is 39.7 Å². The summed E-state index contributed by atoms with van der Waals surface area (Å²) < 4.78 is 5.72. The van der Waals surface area contributed by atoms with Gasteiger partial charge in [-0.05, 0) is 49.4 Å². The van der Waals surface area contributed by atoms with Gasteiger partial charge < -0.3 is 9.72 Å². The van der Waals surface area contributed by atoms with Crippen LogP contribution in [0.4, 0.5) is 0 Å². The summed E-state index contributed by atoms with van der Waals surface area (Å²) in [5.74, 6) is 0.884. The first-order valence-corrected chi connectivity index (χ1v) is 7.78. The molecule has 3 rings (SSSR count). The second-order valence-electron chi connectivity index (χ2n) is 4.86. The minimum atomic E-state index is 0.0768. The molecule has 1 aromatic carbocycles. The van der Waals surface area contributed by atoms with Gasteiger partial charge in [0, 0.05) is 21.8 Å². The van der Waals surface area contributed by atoms with Crippen molar-refractivity contribution in [2.24, 2.45) is 0 Å². The fourth-order valence-corrected chi connectivity index (χ4v) is 2.93. The third-order valence-corrected chi connectivity index (χ3v) is 4.16. The number of benzene rings is 1. The first-order valence-electron chi connectivity index (χ1n) is 6.66. The lowest BCUT2D eigenvalue weighted by Crippen LogP contribution is -2.12. The minimum Gasteiger partial charge on any atom is -0.494 e. The Kier molecular flexibility index (Phi) is 3.60. The second-order valence-corrected chi connectivity index (χ2v) is 5.66. The van der Waals surface area contributed by atoms with Gasteiger partial charge in [-0.1, -0.05) is 15.9 Å². The zero-order valence-corrected chi connectivity index (χ0v) is 12.3. The molecule has 4 heteroatoms. The van der Waals surface area contributed by atoms with E-state index in [0.717, 1.165) is 53.2 Å². The van der Waals surface area contributed by atoms with Crippen LogP contribution in [0.3, 0.4) is 0 Å². The Bertz CT molecular complexity index is 663. The molecule has 1 aliphatic rings. The second kappa shape index (κ2) is 5.37. The third-order valence-electron chi connectivity index (χ3n) is 3.60. The topological polar surface area (TPSA) is 42.1 Å². The number of halogens is 1. The molecule has 0 fully saturated rings. The molecular weight excluding hydrogens is 306 g/mol. The fourth-order valence-electron chi connectivity index (χ4n) is 2.71. The monoisotopic (exact) mass is 321 g/mol. The zero-order chi connectivity index (χ0) is 13.2. The van der Waals surface area contributed by atoms with Gasteiger partial charge >= 0.3 is 0 Å². The molecule has 0 bridgehead atoms. The van der Waals surface area contributed by atoms with Gasteiger partial charge in [0.2, 0.25) is 0 Å². The molecule has 1 heterocycles. The molecule has 0 atom stereocenters. The van der Waals surface area contributed by atoms with E-state index in [1.807, 2.05) is 12.1 Å². The third kappa shape index (κ3) is 2.41. The number of fused-ring (bicyclic) bond motifs is 3. The van der Waals surface area contributed by atoms with Crippen molar-refractivity contribution in [1.29, 1.82) is 0 Å². The maximum atomic E-state index is 11.9. The lowest BCUT2D eigenvalue weighted by molar-refractivity contribution is 0.319. The largest absolute Gasteiger partial charge is 0.494 e. The number of hydrogen-bond donors (Lipinski definition) is 1. The summed E-state index contributed by atoms with van der Waals surface area (Å²) in [5.41, 5.74) is 3.17. The lowest BCUT2D eigenvalue weighted by Gasteiger charge is -2.09. The van der Waals surface area contributed by atoms with Gasteiger partial charge in [0.25, 0.3) is 5.56 Å². The highest BCUT2D eigenvalue weighted by molar-refractivity contribution is 9.09. The van der Waals surface area contributed by atoms with Crippen LogP contribution in [0.1, 0.15) is 24.0 Å². The Morgan fingerprint density at radius 3 is 2.95 bits per heavy atom. The van der Waals surface area contributed by atoms with Crippen LogP contribution in [0.2, 0.25) is 0 Å². The van der Waals surface area contributed by atoms with Crippen LogP contribution in [0.15, 0.2) is 23.0 Å². The van der Waals surface area contributed by atoms with Crippen molar-refractivity contribution in [2.45, 2.75) is 25.7 Å². The Hall–Kier alpha value is -1.29. The fraction of sp³-hybridized carbons (Fsp3) is 0.400. The molecule has 0 aliphatic heterocycles. The molecule has 0 amide bonds. The average Bonchev–Trinajstić information content (AvgIpc) is 2.90. The average molecular weight is 322 g/mol. The molecule has 1 aromatic heterocycles. The number of aromatic nitrogens is 1. The molecule has 0 spiro atoms. The van der Waals surface area contributed by atoms with Crippen molar-refractivity contribution < 1.29 is 4.74 Å². The highest BCUT2D eigenvalue weighted by atomic mass is 79.9. The van der Waals surface area contributed by atoms with E-state index in [9.17, 15) is 4.79 Å². The molecule has 0 unspecified atom stereocenters. The van der Waals surface area contributed by atoms with Gasteiger partial charge in [0.05, 0.1) is 6.61 Å². The van der Waals surface area contributed by atoms with E-state index in [1.54, 1.807) is 0 Å². The number of aryl methyl sites for hydroxylation is 1. The highest BCUT2D eigenvalue weighted by Crippen LogP contribution is 2.28. The normalized spacial score (nSPS) is 13.7. The molecule has 0 saturated carbocycles. The Morgan fingerprint density at radius 1 is 1.26 bits per heavy atom. The molecule has 1 N–H and O–H groups in total. The highest BCUT2D eigenvalue weighted by Gasteiger charge is 2.18. The quantitative estimate of drug-likeness (QED) is 0.694. The molecule has 1 aliphatic carbocycles. The predicted molar refractivity (Wildman–Crippen MR) is 80.5 cm³/mol. The van der Waals surface area contributed by atoms with Crippen LogP contribution in [-0.4, -0.2) is 16.9 Å². The summed E-state index contributed by atoms with van der Waals surface area (Å²) >= 11 is 3.39. The van der Waals surface area contributed by atoms with E-state index in [0.29, 0.717) is 6.61 Å². The molecule has 0 saturated heterocycles. The molecule has 2 aromatic rings. The van der Waals surface area contributed by atoms with Crippen LogP contribution < -0.4 is 10.3 Å². The zero-order valence-electron chi connectivity index (χ0n) is 10.7. The van der Waals surface area contributed by atoms with Crippen LogP contribution in [0.5, 0.6) is 5.75 Å². The van der Waals surface area contributed by atoms with Crippen LogP contribution >= 0.6 is 15.9 Å². The lowest BCUT2D eigenvalue weighted by atomic mass is 10.1. The van der Waals surface area contributed by atoms with E-state index in [2.05, 4.69) is 27.0 Å². The SMILES string of the molecule is O=c1[nH]c2ccc(OCCCBr)cc2c2c1CCC2. The van der Waals surface area contributed by atoms with Crippen LogP contribution in [0.25, 0.3) is 10.9 Å². The number of hydrogen-bond acceptors (Lipinski definition) is 2. The summed E-state index contributed by atoms with van der Waals surface area (Å²) in [6.45, 7) is 0.711. The smallest absolute Gasteiger partial charge is 0.251 e. The minimum absolute atomic E-state index is 0.0768. The van der Waals surface area contributed by atoms with E-state index in [1.165, 1.54) is 5.56 Å². The van der Waals surface area contributed by atoms with E-state index >= 15 is 0 Å². The number of nitrogens with one attached hydrogen (secondary N) is 1. The van der Waals surface area contributed by atoms with Gasteiger partial charge in [0.15, 0.2) is 0 Å². The van der Waals surface area contributed by atoms with Gasteiger partial charge in [-0.3, -0.25) is 4.79 Å². The van der Waals surface area contributed by atoms with Gasteiger partial charge in [0.1, 0.15) is 5.75 Å². The van der Waals surface area contributed by atoms with Crippen LogP contribution in [0, 0.1) is 0 Å². The van der Waals surface area contributed by atoms with E-state index in [-0.39, 0.29) is 5.56 Å². The van der Waals surface area contributed by atoms with Gasteiger partial charge in [-0.25, -0.2) is 0 Å². The number of ether oxygens (including phenoxy) is 1.